The van der Waals surface area contributed by atoms with Gasteiger partial charge in [-0.2, -0.15) is 0 Å². The molecule has 2 aromatic rings. The van der Waals surface area contributed by atoms with Gasteiger partial charge in [-0.3, -0.25) is 4.79 Å². The summed E-state index contributed by atoms with van der Waals surface area (Å²) in [6.45, 7) is 0.733. The molecule has 0 radical (unpaired) electrons. The van der Waals surface area contributed by atoms with Crippen LogP contribution in [0.4, 0.5) is 14.9 Å². The second-order valence-corrected chi connectivity index (χ2v) is 6.68. The lowest BCUT2D eigenvalue weighted by Gasteiger charge is -2.24. The number of urea groups is 1. The van der Waals surface area contributed by atoms with Crippen LogP contribution in [0, 0.1) is 5.82 Å². The SMILES string of the molecule is COc1ccc(OC)c(CNC(=O)[C@@H]2CCCN2C(=O)Nc2ccc(F)cc2)c1. The molecule has 0 saturated carbocycles. The average Bonchev–Trinajstić information content (AvgIpc) is 3.23. The largest absolute Gasteiger partial charge is 0.497 e. The summed E-state index contributed by atoms with van der Waals surface area (Å²) < 4.78 is 23.6. The number of carbonyl (C=O) groups is 2. The number of amides is 3. The molecule has 7 nitrogen and oxygen atoms in total. The molecule has 1 saturated heterocycles. The third-order valence-corrected chi connectivity index (χ3v) is 4.85. The second-order valence-electron chi connectivity index (χ2n) is 6.68. The maximum Gasteiger partial charge on any atom is 0.322 e. The summed E-state index contributed by atoms with van der Waals surface area (Å²) in [6.07, 6.45) is 1.31. The topological polar surface area (TPSA) is 79.9 Å². The Balaban J connectivity index is 1.62. The van der Waals surface area contributed by atoms with Gasteiger partial charge >= 0.3 is 6.03 Å². The van der Waals surface area contributed by atoms with E-state index in [0.29, 0.717) is 30.2 Å². The van der Waals surface area contributed by atoms with Crippen molar-refractivity contribution in [3.63, 3.8) is 0 Å². The molecule has 1 fully saturated rings. The lowest BCUT2D eigenvalue weighted by atomic mass is 10.1. The first-order valence-corrected chi connectivity index (χ1v) is 9.33. The molecular weight excluding hydrogens is 377 g/mol. The summed E-state index contributed by atoms with van der Waals surface area (Å²) in [7, 11) is 3.13. The molecule has 1 aliphatic heterocycles. The Hall–Kier alpha value is -3.29. The first-order chi connectivity index (χ1) is 14.0. The first kappa shape index (κ1) is 20.4. The minimum absolute atomic E-state index is 0.235. The number of carbonyl (C=O) groups excluding carboxylic acids is 2. The zero-order chi connectivity index (χ0) is 20.8. The van der Waals surface area contributed by atoms with Gasteiger partial charge in [-0.1, -0.05) is 0 Å². The van der Waals surface area contributed by atoms with E-state index in [-0.39, 0.29) is 24.3 Å². The lowest BCUT2D eigenvalue weighted by molar-refractivity contribution is -0.124. The molecule has 3 amide bonds. The summed E-state index contributed by atoms with van der Waals surface area (Å²) in [5, 5.41) is 5.58. The third kappa shape index (κ3) is 4.96. The van der Waals surface area contributed by atoms with Gasteiger partial charge in [-0.25, -0.2) is 9.18 Å². The van der Waals surface area contributed by atoms with Crippen LogP contribution in [-0.2, 0) is 11.3 Å². The molecule has 3 rings (SSSR count). The van der Waals surface area contributed by atoms with Gasteiger partial charge in [0.15, 0.2) is 0 Å². The normalized spacial score (nSPS) is 15.7. The van der Waals surface area contributed by atoms with Gasteiger partial charge in [-0.05, 0) is 55.3 Å². The molecule has 1 atom stereocenters. The van der Waals surface area contributed by atoms with Crippen molar-refractivity contribution < 1.29 is 23.5 Å². The first-order valence-electron chi connectivity index (χ1n) is 9.33. The number of methoxy groups -OCH3 is 2. The number of halogens is 1. The molecule has 2 aromatic carbocycles. The van der Waals surface area contributed by atoms with E-state index in [4.69, 9.17) is 9.47 Å². The number of nitrogens with zero attached hydrogens (tertiary/aromatic N) is 1. The van der Waals surface area contributed by atoms with Crippen molar-refractivity contribution in [2.75, 3.05) is 26.1 Å². The van der Waals surface area contributed by atoms with Crippen molar-refractivity contribution in [3.05, 3.63) is 53.8 Å². The van der Waals surface area contributed by atoms with Crippen molar-refractivity contribution in [2.45, 2.75) is 25.4 Å². The average molecular weight is 401 g/mol. The number of rotatable bonds is 6. The van der Waals surface area contributed by atoms with Gasteiger partial charge in [0.25, 0.3) is 0 Å². The van der Waals surface area contributed by atoms with E-state index in [1.54, 1.807) is 32.4 Å². The molecule has 0 spiro atoms. The fourth-order valence-electron chi connectivity index (χ4n) is 3.33. The van der Waals surface area contributed by atoms with Crippen LogP contribution in [0.1, 0.15) is 18.4 Å². The Labute approximate surface area is 168 Å². The molecule has 0 aliphatic carbocycles. The van der Waals surface area contributed by atoms with Gasteiger partial charge in [0.05, 0.1) is 14.2 Å². The zero-order valence-corrected chi connectivity index (χ0v) is 16.4. The highest BCUT2D eigenvalue weighted by Gasteiger charge is 2.34. The van der Waals surface area contributed by atoms with Gasteiger partial charge < -0.3 is 25.0 Å². The molecule has 2 N–H and O–H groups in total. The van der Waals surface area contributed by atoms with E-state index in [0.717, 1.165) is 12.0 Å². The molecule has 0 unspecified atom stereocenters. The van der Waals surface area contributed by atoms with Crippen molar-refractivity contribution in [3.8, 4) is 11.5 Å². The summed E-state index contributed by atoms with van der Waals surface area (Å²) in [6, 6.07) is 9.91. The maximum atomic E-state index is 13.0. The summed E-state index contributed by atoms with van der Waals surface area (Å²) >= 11 is 0. The summed E-state index contributed by atoms with van der Waals surface area (Å²) in [5.41, 5.74) is 1.25. The molecule has 29 heavy (non-hydrogen) atoms. The van der Waals surface area contributed by atoms with Crippen LogP contribution >= 0.6 is 0 Å². The monoisotopic (exact) mass is 401 g/mol. The van der Waals surface area contributed by atoms with E-state index in [1.165, 1.54) is 29.2 Å². The van der Waals surface area contributed by atoms with Crippen LogP contribution < -0.4 is 20.1 Å². The van der Waals surface area contributed by atoms with Crippen molar-refractivity contribution in [1.29, 1.82) is 0 Å². The number of hydrogen-bond acceptors (Lipinski definition) is 4. The van der Waals surface area contributed by atoms with Crippen LogP contribution in [0.5, 0.6) is 11.5 Å². The molecule has 0 bridgehead atoms. The lowest BCUT2D eigenvalue weighted by Crippen LogP contribution is -2.47. The number of likely N-dealkylation sites (tertiary alicyclic amines) is 1. The number of nitrogens with one attached hydrogen (secondary N) is 2. The van der Waals surface area contributed by atoms with Crippen LogP contribution in [0.15, 0.2) is 42.5 Å². The highest BCUT2D eigenvalue weighted by Crippen LogP contribution is 2.24. The van der Waals surface area contributed by atoms with Gasteiger partial charge in [0, 0.05) is 24.3 Å². The zero-order valence-electron chi connectivity index (χ0n) is 16.4. The fourth-order valence-corrected chi connectivity index (χ4v) is 3.33. The number of anilines is 1. The molecular formula is C21H24FN3O4. The van der Waals surface area contributed by atoms with Crippen LogP contribution in [-0.4, -0.2) is 43.6 Å². The predicted octanol–water partition coefficient (Wildman–Crippen LogP) is 3.16. The number of ether oxygens (including phenoxy) is 2. The van der Waals surface area contributed by atoms with Crippen molar-refractivity contribution in [1.82, 2.24) is 10.2 Å². The maximum absolute atomic E-state index is 13.0. The van der Waals surface area contributed by atoms with Crippen molar-refractivity contribution in [2.24, 2.45) is 0 Å². The Morgan fingerprint density at radius 1 is 1.14 bits per heavy atom. The quantitative estimate of drug-likeness (QED) is 0.779. The van der Waals surface area contributed by atoms with Gasteiger partial charge in [-0.15, -0.1) is 0 Å². The van der Waals surface area contributed by atoms with E-state index in [2.05, 4.69) is 10.6 Å². The Kier molecular flexibility index (Phi) is 6.54. The van der Waals surface area contributed by atoms with E-state index < -0.39 is 6.04 Å². The molecule has 0 aromatic heterocycles. The Morgan fingerprint density at radius 2 is 1.90 bits per heavy atom. The highest BCUT2D eigenvalue weighted by molar-refractivity contribution is 5.94. The number of hydrogen-bond donors (Lipinski definition) is 2. The molecule has 154 valence electrons. The third-order valence-electron chi connectivity index (χ3n) is 4.85. The molecule has 1 heterocycles. The minimum Gasteiger partial charge on any atom is -0.497 e. The smallest absolute Gasteiger partial charge is 0.322 e. The van der Waals surface area contributed by atoms with Crippen LogP contribution in [0.25, 0.3) is 0 Å². The summed E-state index contributed by atoms with van der Waals surface area (Å²) in [5.74, 6) is 0.690. The van der Waals surface area contributed by atoms with Crippen LogP contribution in [0.3, 0.4) is 0 Å². The second kappa shape index (κ2) is 9.27. The highest BCUT2D eigenvalue weighted by atomic mass is 19.1. The van der Waals surface area contributed by atoms with Crippen LogP contribution in [0.2, 0.25) is 0 Å². The van der Waals surface area contributed by atoms with Gasteiger partial charge in [0.2, 0.25) is 5.91 Å². The summed E-state index contributed by atoms with van der Waals surface area (Å²) in [4.78, 5) is 26.8. The van der Waals surface area contributed by atoms with Crippen molar-refractivity contribution >= 4 is 17.6 Å². The predicted molar refractivity (Wildman–Crippen MR) is 107 cm³/mol. The fraction of sp³-hybridized carbons (Fsp3) is 0.333. The number of benzene rings is 2. The Bertz CT molecular complexity index is 873. The Morgan fingerprint density at radius 3 is 2.59 bits per heavy atom. The molecule has 1 aliphatic rings. The van der Waals surface area contributed by atoms with E-state index in [9.17, 15) is 14.0 Å². The van der Waals surface area contributed by atoms with E-state index >= 15 is 0 Å². The van der Waals surface area contributed by atoms with E-state index in [1.807, 2.05) is 0 Å². The minimum atomic E-state index is -0.563. The standard InChI is InChI=1S/C21H24FN3O4/c1-28-17-9-10-19(29-2)14(12-17)13-23-20(26)18-4-3-11-25(18)21(27)24-16-7-5-15(22)6-8-16/h5-10,12,18H,3-4,11,13H2,1-2H3,(H,23,26)(H,24,27)/t18-/m0/s1. The van der Waals surface area contributed by atoms with Gasteiger partial charge in [0.1, 0.15) is 23.4 Å². The molecule has 8 heteroatoms.